The maximum atomic E-state index is 11.6. The SMILES string of the molecule is C[C@@H](N)C(=O)N(C)Cc1cc2ccccc2o1.Cl. The van der Waals surface area contributed by atoms with Gasteiger partial charge in [-0.3, -0.25) is 4.79 Å². The fourth-order valence-corrected chi connectivity index (χ4v) is 1.77. The predicted molar refractivity (Wildman–Crippen MR) is 73.6 cm³/mol. The molecule has 2 rings (SSSR count). The largest absolute Gasteiger partial charge is 0.459 e. The summed E-state index contributed by atoms with van der Waals surface area (Å²) >= 11 is 0. The monoisotopic (exact) mass is 268 g/mol. The molecule has 5 heteroatoms. The van der Waals surface area contributed by atoms with Crippen molar-refractivity contribution in [2.45, 2.75) is 19.5 Å². The highest BCUT2D eigenvalue weighted by Gasteiger charge is 2.15. The Balaban J connectivity index is 0.00000162. The molecule has 0 saturated heterocycles. The van der Waals surface area contributed by atoms with Crippen molar-refractivity contribution in [1.82, 2.24) is 4.90 Å². The van der Waals surface area contributed by atoms with Gasteiger partial charge in [-0.05, 0) is 19.1 Å². The molecule has 98 valence electrons. The lowest BCUT2D eigenvalue weighted by Gasteiger charge is -2.17. The van der Waals surface area contributed by atoms with Crippen LogP contribution in [0.4, 0.5) is 0 Å². The van der Waals surface area contributed by atoms with Gasteiger partial charge in [0.15, 0.2) is 0 Å². The summed E-state index contributed by atoms with van der Waals surface area (Å²) in [4.78, 5) is 13.2. The quantitative estimate of drug-likeness (QED) is 0.928. The summed E-state index contributed by atoms with van der Waals surface area (Å²) in [6.45, 7) is 2.12. The zero-order valence-electron chi connectivity index (χ0n) is 10.4. The summed E-state index contributed by atoms with van der Waals surface area (Å²) < 4.78 is 5.63. The molecular weight excluding hydrogens is 252 g/mol. The van der Waals surface area contributed by atoms with Gasteiger partial charge in [0, 0.05) is 12.4 Å². The van der Waals surface area contributed by atoms with E-state index in [1.165, 1.54) is 0 Å². The average molecular weight is 269 g/mol. The van der Waals surface area contributed by atoms with Crippen LogP contribution in [-0.4, -0.2) is 23.9 Å². The second kappa shape index (κ2) is 5.89. The van der Waals surface area contributed by atoms with Crippen LogP contribution in [0, 0.1) is 0 Å². The lowest BCUT2D eigenvalue weighted by atomic mass is 10.2. The van der Waals surface area contributed by atoms with E-state index >= 15 is 0 Å². The molecule has 0 aliphatic carbocycles. The molecule has 2 aromatic rings. The van der Waals surface area contributed by atoms with Crippen LogP contribution in [0.3, 0.4) is 0 Å². The summed E-state index contributed by atoms with van der Waals surface area (Å²) in [7, 11) is 1.72. The molecule has 1 aromatic carbocycles. The van der Waals surface area contributed by atoms with Gasteiger partial charge in [0.05, 0.1) is 12.6 Å². The first kappa shape index (κ1) is 14.5. The highest BCUT2D eigenvalue weighted by Crippen LogP contribution is 2.19. The number of hydrogen-bond acceptors (Lipinski definition) is 3. The van der Waals surface area contributed by atoms with E-state index in [4.69, 9.17) is 10.2 Å². The number of rotatable bonds is 3. The molecule has 0 fully saturated rings. The first-order valence-corrected chi connectivity index (χ1v) is 5.56. The van der Waals surface area contributed by atoms with Crippen LogP contribution in [0.25, 0.3) is 11.0 Å². The van der Waals surface area contributed by atoms with E-state index in [1.54, 1.807) is 18.9 Å². The van der Waals surface area contributed by atoms with Gasteiger partial charge in [-0.2, -0.15) is 0 Å². The van der Waals surface area contributed by atoms with Crippen LogP contribution in [0.5, 0.6) is 0 Å². The second-order valence-corrected chi connectivity index (χ2v) is 4.23. The highest BCUT2D eigenvalue weighted by atomic mass is 35.5. The normalized spacial score (nSPS) is 11.9. The minimum atomic E-state index is -0.482. The Morgan fingerprint density at radius 2 is 2.11 bits per heavy atom. The number of carbonyl (C=O) groups excluding carboxylic acids is 1. The summed E-state index contributed by atoms with van der Waals surface area (Å²) in [6, 6.07) is 9.23. The Morgan fingerprint density at radius 3 is 2.72 bits per heavy atom. The zero-order chi connectivity index (χ0) is 12.4. The molecule has 1 atom stereocenters. The fourth-order valence-electron chi connectivity index (χ4n) is 1.77. The molecule has 18 heavy (non-hydrogen) atoms. The maximum absolute atomic E-state index is 11.6. The van der Waals surface area contributed by atoms with E-state index in [0.717, 1.165) is 16.7 Å². The molecule has 0 unspecified atom stereocenters. The smallest absolute Gasteiger partial charge is 0.239 e. The van der Waals surface area contributed by atoms with Crippen molar-refractivity contribution in [3.63, 3.8) is 0 Å². The topological polar surface area (TPSA) is 59.5 Å². The van der Waals surface area contributed by atoms with E-state index in [2.05, 4.69) is 0 Å². The molecule has 0 spiro atoms. The van der Waals surface area contributed by atoms with Crippen LogP contribution >= 0.6 is 12.4 Å². The number of benzene rings is 1. The molecule has 0 radical (unpaired) electrons. The molecule has 0 aliphatic rings. The molecule has 0 bridgehead atoms. The van der Waals surface area contributed by atoms with Crippen molar-refractivity contribution in [2.75, 3.05) is 7.05 Å². The van der Waals surface area contributed by atoms with Crippen molar-refractivity contribution in [1.29, 1.82) is 0 Å². The van der Waals surface area contributed by atoms with E-state index in [-0.39, 0.29) is 18.3 Å². The number of nitrogens with two attached hydrogens (primary N) is 1. The minimum Gasteiger partial charge on any atom is -0.459 e. The number of likely N-dealkylation sites (N-methyl/N-ethyl adjacent to an activating group) is 1. The Morgan fingerprint density at radius 1 is 1.44 bits per heavy atom. The summed E-state index contributed by atoms with van der Waals surface area (Å²) in [5.41, 5.74) is 6.38. The maximum Gasteiger partial charge on any atom is 0.239 e. The van der Waals surface area contributed by atoms with Crippen LogP contribution in [0.2, 0.25) is 0 Å². The van der Waals surface area contributed by atoms with Crippen molar-refractivity contribution in [3.8, 4) is 0 Å². The minimum absolute atomic E-state index is 0. The van der Waals surface area contributed by atoms with Crippen molar-refractivity contribution in [2.24, 2.45) is 5.73 Å². The van der Waals surface area contributed by atoms with Gasteiger partial charge < -0.3 is 15.1 Å². The van der Waals surface area contributed by atoms with Crippen LogP contribution in [0.1, 0.15) is 12.7 Å². The van der Waals surface area contributed by atoms with Crippen LogP contribution < -0.4 is 5.73 Å². The molecule has 1 aromatic heterocycles. The first-order chi connectivity index (χ1) is 8.08. The van der Waals surface area contributed by atoms with Crippen LogP contribution in [0.15, 0.2) is 34.7 Å². The van der Waals surface area contributed by atoms with Gasteiger partial charge in [-0.25, -0.2) is 0 Å². The lowest BCUT2D eigenvalue weighted by Crippen LogP contribution is -2.39. The Kier molecular flexibility index (Phi) is 4.76. The number of carbonyl (C=O) groups is 1. The van der Waals surface area contributed by atoms with Gasteiger partial charge in [-0.1, -0.05) is 18.2 Å². The Bertz CT molecular complexity index is 504. The van der Waals surface area contributed by atoms with Crippen molar-refractivity contribution < 1.29 is 9.21 Å². The highest BCUT2D eigenvalue weighted by molar-refractivity contribution is 5.85. The number of halogens is 1. The third-order valence-electron chi connectivity index (χ3n) is 2.64. The zero-order valence-corrected chi connectivity index (χ0v) is 11.2. The van der Waals surface area contributed by atoms with E-state index in [0.29, 0.717) is 6.54 Å². The van der Waals surface area contributed by atoms with Gasteiger partial charge in [0.2, 0.25) is 5.91 Å². The number of furan rings is 1. The van der Waals surface area contributed by atoms with Crippen LogP contribution in [-0.2, 0) is 11.3 Å². The molecule has 1 amide bonds. The molecular formula is C13H17ClN2O2. The number of nitrogens with zero attached hydrogens (tertiary/aromatic N) is 1. The van der Waals surface area contributed by atoms with Gasteiger partial charge >= 0.3 is 0 Å². The van der Waals surface area contributed by atoms with E-state index in [9.17, 15) is 4.79 Å². The van der Waals surface area contributed by atoms with Gasteiger partial charge in [0.25, 0.3) is 0 Å². The fraction of sp³-hybridized carbons (Fsp3) is 0.308. The second-order valence-electron chi connectivity index (χ2n) is 4.23. The molecule has 1 heterocycles. The summed E-state index contributed by atoms with van der Waals surface area (Å²) in [5, 5.41) is 1.05. The number of hydrogen-bond donors (Lipinski definition) is 1. The molecule has 0 saturated carbocycles. The number of amides is 1. The van der Waals surface area contributed by atoms with E-state index < -0.39 is 6.04 Å². The molecule has 0 aliphatic heterocycles. The average Bonchev–Trinajstić information content (AvgIpc) is 2.69. The van der Waals surface area contributed by atoms with E-state index in [1.807, 2.05) is 30.3 Å². The third kappa shape index (κ3) is 3.03. The Hall–Kier alpha value is -1.52. The number of fused-ring (bicyclic) bond motifs is 1. The van der Waals surface area contributed by atoms with Gasteiger partial charge in [-0.15, -0.1) is 12.4 Å². The predicted octanol–water partition coefficient (Wildman–Crippen LogP) is 2.16. The summed E-state index contributed by atoms with van der Waals surface area (Å²) in [5.74, 6) is 0.674. The number of para-hydroxylation sites is 1. The first-order valence-electron chi connectivity index (χ1n) is 5.56. The summed E-state index contributed by atoms with van der Waals surface area (Å²) in [6.07, 6.45) is 0. The molecule has 4 nitrogen and oxygen atoms in total. The standard InChI is InChI=1S/C13H16N2O2.ClH/c1-9(14)13(16)15(2)8-11-7-10-5-3-4-6-12(10)17-11;/h3-7,9H,8,14H2,1-2H3;1H/t9-;/m1./s1. The van der Waals surface area contributed by atoms with Crippen molar-refractivity contribution >= 4 is 29.3 Å². The van der Waals surface area contributed by atoms with Crippen molar-refractivity contribution in [3.05, 3.63) is 36.1 Å². The third-order valence-corrected chi connectivity index (χ3v) is 2.64. The lowest BCUT2D eigenvalue weighted by molar-refractivity contribution is -0.131. The van der Waals surface area contributed by atoms with Gasteiger partial charge in [0.1, 0.15) is 11.3 Å². The Labute approximate surface area is 112 Å². The molecule has 2 N–H and O–H groups in total.